The molecule has 0 heterocycles. The topological polar surface area (TPSA) is 237 Å². The van der Waals surface area contributed by atoms with Gasteiger partial charge in [-0.15, -0.1) is 0 Å². The summed E-state index contributed by atoms with van der Waals surface area (Å²) in [7, 11) is -10.0. The fraction of sp³-hybridized carbons (Fsp3) is 0.591. The molecule has 17 nitrogen and oxygen atoms in total. The van der Waals surface area contributed by atoms with Gasteiger partial charge in [0, 0.05) is 25.7 Å². The van der Waals surface area contributed by atoms with Crippen LogP contribution in [0.2, 0.25) is 0 Å². The number of aliphatic hydroxyl groups excluding tert-OH is 1. The van der Waals surface area contributed by atoms with E-state index in [-0.39, 0.29) is 25.7 Å². The molecule has 0 aliphatic carbocycles. The van der Waals surface area contributed by atoms with E-state index in [1.165, 1.54) is 44.9 Å². The summed E-state index contributed by atoms with van der Waals surface area (Å²) in [6, 6.07) is 0. The molecule has 0 bridgehead atoms. The summed E-state index contributed by atoms with van der Waals surface area (Å²) in [4.78, 5) is 73.2. The van der Waals surface area contributed by atoms with Gasteiger partial charge in [-0.2, -0.15) is 0 Å². The molecule has 0 saturated heterocycles. The highest BCUT2D eigenvalue weighted by atomic mass is 31.2. The van der Waals surface area contributed by atoms with Crippen LogP contribution in [-0.4, -0.2) is 96.7 Å². The quantitative estimate of drug-likeness (QED) is 0.0169. The van der Waals surface area contributed by atoms with Gasteiger partial charge in [0.2, 0.25) is 0 Å². The number of allylic oxidation sites excluding steroid dienone is 34. The van der Waals surface area contributed by atoms with Gasteiger partial charge in [-0.05, 0) is 173 Å². The highest BCUT2D eigenvalue weighted by molar-refractivity contribution is 7.47. The number of phosphoric acid groups is 2. The zero-order valence-electron chi connectivity index (χ0n) is 69.3. The fourth-order valence-electron chi connectivity index (χ4n) is 10.4. The molecular formula is C93H148O17P2. The highest BCUT2D eigenvalue weighted by Gasteiger charge is 2.30. The van der Waals surface area contributed by atoms with Gasteiger partial charge in [-0.3, -0.25) is 37.3 Å². The zero-order chi connectivity index (χ0) is 81.7. The van der Waals surface area contributed by atoms with E-state index < -0.39 is 97.5 Å². The molecule has 112 heavy (non-hydrogen) atoms. The fourth-order valence-corrected chi connectivity index (χ4v) is 11.9. The molecule has 0 aromatic carbocycles. The Morgan fingerprint density at radius 1 is 0.259 bits per heavy atom. The van der Waals surface area contributed by atoms with Crippen molar-refractivity contribution in [2.75, 3.05) is 39.6 Å². The molecule has 2 unspecified atom stereocenters. The lowest BCUT2D eigenvalue weighted by Gasteiger charge is -2.21. The number of aliphatic hydroxyl groups is 1. The number of hydrogen-bond acceptors (Lipinski definition) is 15. The van der Waals surface area contributed by atoms with Gasteiger partial charge in [0.25, 0.3) is 0 Å². The SMILES string of the molecule is CC/C=C\C/C=C\C/C=C\C/C=C\C/C=C\C/C=C\CCC(=O)O[C@H](COC(=O)CC/C=C\C/C=C\C/C=C\C/C=C\C/C=C\CCCCC)COP(=O)(O)OC[C@@H](O)COP(=O)(O)OC[C@@H](COC(=O)CCCCCCCCC/C=C\CCCCCC)OC(=O)CCCCC/C=C\C/C=C\C/C=C\C/C=C\C/C=C\CC. The third-order valence-electron chi connectivity index (χ3n) is 16.7. The first kappa shape index (κ1) is 106. The summed E-state index contributed by atoms with van der Waals surface area (Å²) in [6.45, 7) is 4.38. The first-order chi connectivity index (χ1) is 54.7. The Labute approximate surface area is 678 Å². The van der Waals surface area contributed by atoms with Crippen LogP contribution in [0.4, 0.5) is 0 Å². The van der Waals surface area contributed by atoms with Crippen molar-refractivity contribution in [2.24, 2.45) is 0 Å². The second kappa shape index (κ2) is 82.6. The molecule has 0 aliphatic heterocycles. The van der Waals surface area contributed by atoms with Crippen LogP contribution in [0.5, 0.6) is 0 Å². The van der Waals surface area contributed by atoms with E-state index in [9.17, 15) is 43.2 Å². The highest BCUT2D eigenvalue weighted by Crippen LogP contribution is 2.45. The number of esters is 4. The monoisotopic (exact) mass is 1600 g/mol. The Hall–Kier alpha value is -6.36. The lowest BCUT2D eigenvalue weighted by Crippen LogP contribution is -2.30. The van der Waals surface area contributed by atoms with Crippen molar-refractivity contribution in [3.05, 3.63) is 207 Å². The predicted molar refractivity (Wildman–Crippen MR) is 463 cm³/mol. The molecule has 0 rings (SSSR count). The molecule has 3 N–H and O–H groups in total. The van der Waals surface area contributed by atoms with E-state index >= 15 is 0 Å². The number of hydrogen-bond donors (Lipinski definition) is 3. The van der Waals surface area contributed by atoms with Crippen LogP contribution in [0.1, 0.15) is 297 Å². The number of ether oxygens (including phenoxy) is 4. The third-order valence-corrected chi connectivity index (χ3v) is 18.6. The van der Waals surface area contributed by atoms with E-state index in [0.717, 1.165) is 161 Å². The molecule has 0 aliphatic rings. The van der Waals surface area contributed by atoms with Crippen molar-refractivity contribution in [1.29, 1.82) is 0 Å². The molecule has 0 aromatic rings. The molecule has 19 heteroatoms. The molecule has 0 aromatic heterocycles. The minimum atomic E-state index is -5.03. The summed E-state index contributed by atoms with van der Waals surface area (Å²) >= 11 is 0. The largest absolute Gasteiger partial charge is 0.472 e. The Bertz CT molecular complexity index is 2940. The number of unbranched alkanes of at least 4 members (excludes halogenated alkanes) is 17. The van der Waals surface area contributed by atoms with Crippen molar-refractivity contribution in [3.63, 3.8) is 0 Å². The molecule has 0 amide bonds. The lowest BCUT2D eigenvalue weighted by atomic mass is 10.1. The Morgan fingerprint density at radius 3 is 0.821 bits per heavy atom. The van der Waals surface area contributed by atoms with Crippen LogP contribution >= 0.6 is 15.6 Å². The summed E-state index contributed by atoms with van der Waals surface area (Å²) in [5.74, 6) is -2.43. The Balaban J connectivity index is 5.58. The standard InChI is InChI=1S/C93H148O17P2/c1-5-9-13-17-21-25-29-33-37-40-43-46-50-54-58-62-66-70-74-78-91(96)104-84-89(110-93(98)80-76-72-68-64-60-56-52-48-45-42-39-35-31-27-23-19-15-11-7-3)86-108-112(101,102)106-82-87(94)81-105-111(99,100)107-85-88(83-103-90(95)77-73-69-65-61-57-53-49-36-32-28-24-20-16-12-8-4)109-92(97)79-75-71-67-63-59-55-51-47-44-41-38-34-30-26-22-18-14-10-6-2/h10-11,14-15,21-23,25-28,32-35,37-39,43-48,54-56,58-60,66,68,70,72,87-89,94H,5-9,12-13,16-20,24,29-31,36,40-42,49-53,57,61-65,67,69,71,73-86H2,1-4H3,(H,99,100)(H,101,102)/b14-10-,15-11-,25-21-,26-22-,27-23-,32-28-,37-33-,38-34-,39-35-,46-43-,47-44-,48-45-,58-54-,59-55-,60-56-,70-66-,72-68-/t87-,88+,89+/m0/s1. The predicted octanol–water partition coefficient (Wildman–Crippen LogP) is 25.4. The average Bonchev–Trinajstić information content (AvgIpc) is 0.907. The van der Waals surface area contributed by atoms with Crippen LogP contribution in [0.3, 0.4) is 0 Å². The van der Waals surface area contributed by atoms with Crippen LogP contribution in [0.15, 0.2) is 207 Å². The number of rotatable bonds is 77. The Morgan fingerprint density at radius 2 is 0.482 bits per heavy atom. The van der Waals surface area contributed by atoms with Crippen LogP contribution < -0.4 is 0 Å². The van der Waals surface area contributed by atoms with Crippen molar-refractivity contribution >= 4 is 39.5 Å². The van der Waals surface area contributed by atoms with Crippen molar-refractivity contribution in [3.8, 4) is 0 Å². The van der Waals surface area contributed by atoms with Gasteiger partial charge in [0.05, 0.1) is 26.4 Å². The minimum absolute atomic E-state index is 0.0129. The second-order valence-electron chi connectivity index (χ2n) is 27.3. The molecule has 5 atom stereocenters. The maximum Gasteiger partial charge on any atom is 0.472 e. The average molecular weight is 1600 g/mol. The van der Waals surface area contributed by atoms with Gasteiger partial charge < -0.3 is 33.8 Å². The normalized spacial score (nSPS) is 14.8. The van der Waals surface area contributed by atoms with Crippen LogP contribution in [0, 0.1) is 0 Å². The van der Waals surface area contributed by atoms with Crippen LogP contribution in [0.25, 0.3) is 0 Å². The molecule has 0 saturated carbocycles. The third kappa shape index (κ3) is 81.6. The number of carbonyl (C=O) groups is 4. The molecule has 632 valence electrons. The van der Waals surface area contributed by atoms with Crippen LogP contribution in [-0.2, 0) is 65.4 Å². The Kier molecular flexibility index (Phi) is 77.9. The second-order valence-corrected chi connectivity index (χ2v) is 30.2. The first-order valence-electron chi connectivity index (χ1n) is 42.3. The van der Waals surface area contributed by atoms with E-state index in [0.29, 0.717) is 38.5 Å². The maximum absolute atomic E-state index is 13.1. The van der Waals surface area contributed by atoms with E-state index in [4.69, 9.17) is 37.0 Å². The molecular weight excluding hydrogens is 1450 g/mol. The first-order valence-corrected chi connectivity index (χ1v) is 45.3. The van der Waals surface area contributed by atoms with E-state index in [2.05, 4.69) is 198 Å². The molecule has 0 radical (unpaired) electrons. The van der Waals surface area contributed by atoms with Crippen molar-refractivity contribution in [2.45, 2.75) is 316 Å². The maximum atomic E-state index is 13.1. The summed E-state index contributed by atoms with van der Waals surface area (Å²) < 4.78 is 68.6. The lowest BCUT2D eigenvalue weighted by molar-refractivity contribution is -0.161. The smallest absolute Gasteiger partial charge is 0.462 e. The van der Waals surface area contributed by atoms with E-state index in [1.807, 2.05) is 36.5 Å². The van der Waals surface area contributed by atoms with Gasteiger partial charge in [-0.1, -0.05) is 305 Å². The minimum Gasteiger partial charge on any atom is -0.462 e. The molecule has 0 fully saturated rings. The summed E-state index contributed by atoms with van der Waals surface area (Å²) in [5.41, 5.74) is 0. The van der Waals surface area contributed by atoms with Gasteiger partial charge in [-0.25, -0.2) is 9.13 Å². The van der Waals surface area contributed by atoms with Gasteiger partial charge >= 0.3 is 39.5 Å². The number of carbonyl (C=O) groups excluding carboxylic acids is 4. The summed E-state index contributed by atoms with van der Waals surface area (Å²) in [6.07, 6.45) is 104. The van der Waals surface area contributed by atoms with E-state index in [1.54, 1.807) is 0 Å². The van der Waals surface area contributed by atoms with Gasteiger partial charge in [0.1, 0.15) is 19.3 Å². The summed E-state index contributed by atoms with van der Waals surface area (Å²) in [5, 5.41) is 10.7. The number of phosphoric ester groups is 2. The zero-order valence-corrected chi connectivity index (χ0v) is 71.0. The van der Waals surface area contributed by atoms with Gasteiger partial charge in [0.15, 0.2) is 12.2 Å². The van der Waals surface area contributed by atoms with Crippen molar-refractivity contribution < 1.29 is 80.2 Å². The molecule has 0 spiro atoms. The van der Waals surface area contributed by atoms with Crippen molar-refractivity contribution in [1.82, 2.24) is 0 Å².